The highest BCUT2D eigenvalue weighted by atomic mass is 16.1. The molecule has 1 atom stereocenters. The Morgan fingerprint density at radius 3 is 2.73 bits per heavy atom. The molecule has 0 aliphatic heterocycles. The van der Waals surface area contributed by atoms with E-state index < -0.39 is 0 Å². The van der Waals surface area contributed by atoms with Crippen molar-refractivity contribution in [1.29, 1.82) is 0 Å². The second-order valence-corrected chi connectivity index (χ2v) is 4.66. The molecule has 0 aromatic rings. The van der Waals surface area contributed by atoms with E-state index in [-0.39, 0.29) is 11.9 Å². The monoisotopic (exact) mass is 212 g/mol. The summed E-state index contributed by atoms with van der Waals surface area (Å²) in [6.45, 7) is 2.81. The molecule has 0 radical (unpaired) electrons. The molecule has 1 aliphatic carbocycles. The average molecular weight is 212 g/mol. The van der Waals surface area contributed by atoms with Crippen LogP contribution in [0.5, 0.6) is 0 Å². The standard InChI is InChI=1S/C12H24N2O/c1-2-11(13)7-8-14-12(15)9-10-5-3-4-6-10/h10-11H,2-9,13H2,1H3,(H,14,15). The average Bonchev–Trinajstić information content (AvgIpc) is 2.70. The van der Waals surface area contributed by atoms with Crippen LogP contribution in [-0.4, -0.2) is 18.5 Å². The maximum Gasteiger partial charge on any atom is 0.220 e. The summed E-state index contributed by atoms with van der Waals surface area (Å²) in [6, 6.07) is 0.233. The Labute approximate surface area is 92.8 Å². The van der Waals surface area contributed by atoms with E-state index in [9.17, 15) is 4.79 Å². The van der Waals surface area contributed by atoms with E-state index in [1.54, 1.807) is 0 Å². The van der Waals surface area contributed by atoms with E-state index in [2.05, 4.69) is 12.2 Å². The minimum atomic E-state index is 0.213. The Bertz CT molecular complexity index is 188. The van der Waals surface area contributed by atoms with E-state index in [4.69, 9.17) is 5.73 Å². The third kappa shape index (κ3) is 5.17. The van der Waals surface area contributed by atoms with Crippen molar-refractivity contribution in [3.05, 3.63) is 0 Å². The number of hydrogen-bond donors (Lipinski definition) is 2. The van der Waals surface area contributed by atoms with Crippen molar-refractivity contribution in [1.82, 2.24) is 5.32 Å². The molecule has 1 fully saturated rings. The van der Waals surface area contributed by atoms with Gasteiger partial charge in [-0.05, 0) is 31.6 Å². The fraction of sp³-hybridized carbons (Fsp3) is 0.917. The molecule has 1 saturated carbocycles. The van der Waals surface area contributed by atoms with Crippen molar-refractivity contribution >= 4 is 5.91 Å². The molecular formula is C12H24N2O. The van der Waals surface area contributed by atoms with Crippen LogP contribution in [-0.2, 0) is 4.79 Å². The Morgan fingerprint density at radius 1 is 1.47 bits per heavy atom. The lowest BCUT2D eigenvalue weighted by Crippen LogP contribution is -2.30. The lowest BCUT2D eigenvalue weighted by atomic mass is 10.0. The zero-order valence-electron chi connectivity index (χ0n) is 9.80. The van der Waals surface area contributed by atoms with Crippen LogP contribution in [0.1, 0.15) is 51.9 Å². The maximum atomic E-state index is 11.5. The Hall–Kier alpha value is -0.570. The third-order valence-electron chi connectivity index (χ3n) is 3.31. The van der Waals surface area contributed by atoms with Gasteiger partial charge < -0.3 is 11.1 Å². The number of hydrogen-bond acceptors (Lipinski definition) is 2. The summed E-state index contributed by atoms with van der Waals surface area (Å²) < 4.78 is 0. The van der Waals surface area contributed by atoms with Gasteiger partial charge in [0, 0.05) is 19.0 Å². The largest absolute Gasteiger partial charge is 0.356 e. The predicted molar refractivity (Wildman–Crippen MR) is 62.5 cm³/mol. The minimum absolute atomic E-state index is 0.213. The van der Waals surface area contributed by atoms with Gasteiger partial charge in [-0.25, -0.2) is 0 Å². The predicted octanol–water partition coefficient (Wildman–Crippen LogP) is 1.81. The molecule has 0 heterocycles. The topological polar surface area (TPSA) is 55.1 Å². The van der Waals surface area contributed by atoms with Gasteiger partial charge in [0.25, 0.3) is 0 Å². The molecule has 0 bridgehead atoms. The summed E-state index contributed by atoms with van der Waals surface area (Å²) in [7, 11) is 0. The molecule has 88 valence electrons. The van der Waals surface area contributed by atoms with Gasteiger partial charge in [0.05, 0.1) is 0 Å². The van der Waals surface area contributed by atoms with Gasteiger partial charge in [-0.1, -0.05) is 19.8 Å². The van der Waals surface area contributed by atoms with Crippen molar-refractivity contribution in [2.24, 2.45) is 11.7 Å². The Kier molecular flexibility index (Phi) is 5.69. The molecule has 0 spiro atoms. The zero-order valence-corrected chi connectivity index (χ0v) is 9.80. The zero-order chi connectivity index (χ0) is 11.1. The summed E-state index contributed by atoms with van der Waals surface area (Å²) in [6.07, 6.45) is 7.69. The van der Waals surface area contributed by atoms with Crippen LogP contribution in [0.3, 0.4) is 0 Å². The number of nitrogens with one attached hydrogen (secondary N) is 1. The normalized spacial score (nSPS) is 19.1. The number of carbonyl (C=O) groups excluding carboxylic acids is 1. The molecular weight excluding hydrogens is 188 g/mol. The fourth-order valence-corrected chi connectivity index (χ4v) is 2.15. The SMILES string of the molecule is CCC(N)CCNC(=O)CC1CCCC1. The van der Waals surface area contributed by atoms with Crippen LogP contribution in [0, 0.1) is 5.92 Å². The van der Waals surface area contributed by atoms with Crippen molar-refractivity contribution < 1.29 is 4.79 Å². The van der Waals surface area contributed by atoms with E-state index in [1.165, 1.54) is 25.7 Å². The molecule has 1 amide bonds. The van der Waals surface area contributed by atoms with Crippen molar-refractivity contribution in [2.75, 3.05) is 6.54 Å². The van der Waals surface area contributed by atoms with Gasteiger partial charge in [0.2, 0.25) is 5.91 Å². The van der Waals surface area contributed by atoms with E-state index >= 15 is 0 Å². The molecule has 3 nitrogen and oxygen atoms in total. The summed E-state index contributed by atoms with van der Waals surface area (Å²) in [5.74, 6) is 0.857. The van der Waals surface area contributed by atoms with Crippen LogP contribution in [0.2, 0.25) is 0 Å². The van der Waals surface area contributed by atoms with Crippen molar-refractivity contribution in [2.45, 2.75) is 57.9 Å². The molecule has 0 saturated heterocycles. The van der Waals surface area contributed by atoms with Crippen LogP contribution < -0.4 is 11.1 Å². The smallest absolute Gasteiger partial charge is 0.220 e. The molecule has 0 aromatic heterocycles. The molecule has 0 aromatic carbocycles. The number of nitrogens with two attached hydrogens (primary N) is 1. The second kappa shape index (κ2) is 6.83. The highest BCUT2D eigenvalue weighted by Crippen LogP contribution is 2.27. The first-order valence-corrected chi connectivity index (χ1v) is 6.24. The lowest BCUT2D eigenvalue weighted by molar-refractivity contribution is -0.121. The molecule has 15 heavy (non-hydrogen) atoms. The first-order valence-electron chi connectivity index (χ1n) is 6.24. The quantitative estimate of drug-likeness (QED) is 0.705. The second-order valence-electron chi connectivity index (χ2n) is 4.66. The van der Waals surface area contributed by atoms with E-state index in [0.717, 1.165) is 25.8 Å². The Balaban J connectivity index is 2.02. The highest BCUT2D eigenvalue weighted by molar-refractivity contribution is 5.76. The molecule has 1 unspecified atom stereocenters. The van der Waals surface area contributed by atoms with E-state index in [0.29, 0.717) is 5.92 Å². The van der Waals surface area contributed by atoms with Crippen LogP contribution in [0.25, 0.3) is 0 Å². The molecule has 1 rings (SSSR count). The van der Waals surface area contributed by atoms with Gasteiger partial charge in [-0.3, -0.25) is 4.79 Å². The first kappa shape index (κ1) is 12.5. The van der Waals surface area contributed by atoms with Crippen LogP contribution in [0.15, 0.2) is 0 Å². The van der Waals surface area contributed by atoms with Gasteiger partial charge in [-0.2, -0.15) is 0 Å². The van der Waals surface area contributed by atoms with Gasteiger partial charge in [0.15, 0.2) is 0 Å². The summed E-state index contributed by atoms with van der Waals surface area (Å²) in [5, 5.41) is 2.96. The van der Waals surface area contributed by atoms with Crippen molar-refractivity contribution in [3.8, 4) is 0 Å². The maximum absolute atomic E-state index is 11.5. The summed E-state index contributed by atoms with van der Waals surface area (Å²) in [5.41, 5.74) is 5.77. The van der Waals surface area contributed by atoms with Crippen LogP contribution >= 0.6 is 0 Å². The minimum Gasteiger partial charge on any atom is -0.356 e. The van der Waals surface area contributed by atoms with Gasteiger partial charge >= 0.3 is 0 Å². The number of amides is 1. The lowest BCUT2D eigenvalue weighted by Gasteiger charge is -2.11. The molecule has 1 aliphatic rings. The van der Waals surface area contributed by atoms with E-state index in [1.807, 2.05) is 0 Å². The summed E-state index contributed by atoms with van der Waals surface area (Å²) >= 11 is 0. The number of carbonyl (C=O) groups is 1. The molecule has 3 N–H and O–H groups in total. The van der Waals surface area contributed by atoms with Gasteiger partial charge in [-0.15, -0.1) is 0 Å². The highest BCUT2D eigenvalue weighted by Gasteiger charge is 2.17. The number of rotatable bonds is 6. The molecule has 3 heteroatoms. The van der Waals surface area contributed by atoms with Crippen LogP contribution in [0.4, 0.5) is 0 Å². The fourth-order valence-electron chi connectivity index (χ4n) is 2.15. The Morgan fingerprint density at radius 2 is 2.13 bits per heavy atom. The van der Waals surface area contributed by atoms with Crippen molar-refractivity contribution in [3.63, 3.8) is 0 Å². The first-order chi connectivity index (χ1) is 7.22. The van der Waals surface area contributed by atoms with Gasteiger partial charge in [0.1, 0.15) is 0 Å². The third-order valence-corrected chi connectivity index (χ3v) is 3.31. The summed E-state index contributed by atoms with van der Waals surface area (Å²) in [4.78, 5) is 11.5.